The van der Waals surface area contributed by atoms with Gasteiger partial charge in [0.25, 0.3) is 0 Å². The highest BCUT2D eigenvalue weighted by atomic mass is 16.5. The number of hydrogen-bond acceptors (Lipinski definition) is 4. The molecule has 0 aliphatic heterocycles. The van der Waals surface area contributed by atoms with Crippen LogP contribution in [-0.4, -0.2) is 25.0 Å². The summed E-state index contributed by atoms with van der Waals surface area (Å²) in [6.45, 7) is 3.31. The van der Waals surface area contributed by atoms with E-state index in [-0.39, 0.29) is 5.91 Å². The molecule has 0 saturated carbocycles. The summed E-state index contributed by atoms with van der Waals surface area (Å²) in [5.41, 5.74) is 6.93. The summed E-state index contributed by atoms with van der Waals surface area (Å²) in [5.74, 6) is -1.18. The summed E-state index contributed by atoms with van der Waals surface area (Å²) in [6.07, 6.45) is 0. The zero-order valence-corrected chi connectivity index (χ0v) is 11.4. The lowest BCUT2D eigenvalue weighted by molar-refractivity contribution is -0.145. The molecule has 1 aromatic rings. The Kier molecular flexibility index (Phi) is 5.51. The van der Waals surface area contributed by atoms with E-state index in [0.29, 0.717) is 0 Å². The first kappa shape index (κ1) is 15.2. The Balaban J connectivity index is 2.64. The van der Waals surface area contributed by atoms with Crippen LogP contribution in [-0.2, 0) is 14.3 Å². The van der Waals surface area contributed by atoms with Gasteiger partial charge in [-0.1, -0.05) is 37.3 Å². The SMILES string of the molecule is COC(=O)C(C)NC(=O)C(C)C(N)c1ccccc1. The maximum atomic E-state index is 12.0. The van der Waals surface area contributed by atoms with Crippen LogP contribution in [0.1, 0.15) is 25.5 Å². The van der Waals surface area contributed by atoms with Crippen molar-refractivity contribution in [3.05, 3.63) is 35.9 Å². The first-order chi connectivity index (χ1) is 8.97. The summed E-state index contributed by atoms with van der Waals surface area (Å²) >= 11 is 0. The number of methoxy groups -OCH3 is 1. The molecule has 0 fully saturated rings. The topological polar surface area (TPSA) is 81.4 Å². The van der Waals surface area contributed by atoms with Crippen molar-refractivity contribution >= 4 is 11.9 Å². The molecule has 0 aliphatic carbocycles. The van der Waals surface area contributed by atoms with Crippen LogP contribution in [0.5, 0.6) is 0 Å². The van der Waals surface area contributed by atoms with Gasteiger partial charge in [0.2, 0.25) is 5.91 Å². The molecule has 0 bridgehead atoms. The summed E-state index contributed by atoms with van der Waals surface area (Å²) < 4.78 is 4.55. The quantitative estimate of drug-likeness (QED) is 0.777. The van der Waals surface area contributed by atoms with Crippen molar-refractivity contribution in [2.75, 3.05) is 7.11 Å². The second kappa shape index (κ2) is 6.89. The van der Waals surface area contributed by atoms with Crippen molar-refractivity contribution in [1.82, 2.24) is 5.32 Å². The molecule has 5 nitrogen and oxygen atoms in total. The van der Waals surface area contributed by atoms with Gasteiger partial charge in [-0.2, -0.15) is 0 Å². The second-order valence-electron chi connectivity index (χ2n) is 4.48. The van der Waals surface area contributed by atoms with Crippen molar-refractivity contribution in [1.29, 1.82) is 0 Å². The van der Waals surface area contributed by atoms with Crippen LogP contribution in [0.3, 0.4) is 0 Å². The maximum absolute atomic E-state index is 12.0. The van der Waals surface area contributed by atoms with Crippen molar-refractivity contribution in [2.24, 2.45) is 11.7 Å². The van der Waals surface area contributed by atoms with Crippen LogP contribution in [0.25, 0.3) is 0 Å². The number of nitrogens with one attached hydrogen (secondary N) is 1. The average Bonchev–Trinajstić information content (AvgIpc) is 2.45. The molecule has 104 valence electrons. The summed E-state index contributed by atoms with van der Waals surface area (Å²) in [7, 11) is 1.28. The minimum atomic E-state index is -0.678. The van der Waals surface area contributed by atoms with Crippen LogP contribution < -0.4 is 11.1 Å². The van der Waals surface area contributed by atoms with E-state index in [2.05, 4.69) is 10.1 Å². The van der Waals surface area contributed by atoms with E-state index in [4.69, 9.17) is 5.73 Å². The lowest BCUT2D eigenvalue weighted by atomic mass is 9.94. The summed E-state index contributed by atoms with van der Waals surface area (Å²) in [6, 6.07) is 8.29. The van der Waals surface area contributed by atoms with E-state index in [1.165, 1.54) is 7.11 Å². The van der Waals surface area contributed by atoms with E-state index in [0.717, 1.165) is 5.56 Å². The Morgan fingerprint density at radius 2 is 1.79 bits per heavy atom. The molecular formula is C14H20N2O3. The van der Waals surface area contributed by atoms with Gasteiger partial charge in [-0.05, 0) is 12.5 Å². The van der Waals surface area contributed by atoms with Crippen LogP contribution in [0.4, 0.5) is 0 Å². The second-order valence-corrected chi connectivity index (χ2v) is 4.48. The Bertz CT molecular complexity index is 434. The molecule has 1 amide bonds. The highest BCUT2D eigenvalue weighted by molar-refractivity contribution is 5.85. The highest BCUT2D eigenvalue weighted by Gasteiger charge is 2.25. The van der Waals surface area contributed by atoms with Gasteiger partial charge in [0.15, 0.2) is 0 Å². The number of esters is 1. The molecule has 0 saturated heterocycles. The average molecular weight is 264 g/mol. The van der Waals surface area contributed by atoms with E-state index in [9.17, 15) is 9.59 Å². The predicted octanol–water partition coefficient (Wildman–Crippen LogP) is 1.00. The van der Waals surface area contributed by atoms with E-state index < -0.39 is 24.0 Å². The number of benzene rings is 1. The van der Waals surface area contributed by atoms with Gasteiger partial charge in [-0.25, -0.2) is 4.79 Å². The first-order valence-corrected chi connectivity index (χ1v) is 6.16. The molecule has 19 heavy (non-hydrogen) atoms. The number of nitrogens with two attached hydrogens (primary N) is 1. The summed E-state index contributed by atoms with van der Waals surface area (Å²) in [5, 5.41) is 2.59. The Morgan fingerprint density at radius 3 is 2.32 bits per heavy atom. The molecule has 3 unspecified atom stereocenters. The summed E-state index contributed by atoms with van der Waals surface area (Å²) in [4.78, 5) is 23.2. The van der Waals surface area contributed by atoms with Gasteiger partial charge >= 0.3 is 5.97 Å². The van der Waals surface area contributed by atoms with Gasteiger partial charge in [-0.3, -0.25) is 4.79 Å². The van der Waals surface area contributed by atoms with Gasteiger partial charge in [0, 0.05) is 6.04 Å². The van der Waals surface area contributed by atoms with E-state index in [1.54, 1.807) is 13.8 Å². The predicted molar refractivity (Wildman–Crippen MR) is 72.2 cm³/mol. The molecule has 5 heteroatoms. The molecule has 0 spiro atoms. The van der Waals surface area contributed by atoms with Gasteiger partial charge in [0.05, 0.1) is 13.0 Å². The maximum Gasteiger partial charge on any atom is 0.328 e. The normalized spacial score (nSPS) is 15.2. The van der Waals surface area contributed by atoms with Gasteiger partial charge in [-0.15, -0.1) is 0 Å². The van der Waals surface area contributed by atoms with Crippen molar-refractivity contribution in [3.8, 4) is 0 Å². The largest absolute Gasteiger partial charge is 0.467 e. The third-order valence-corrected chi connectivity index (χ3v) is 3.05. The monoisotopic (exact) mass is 264 g/mol. The third kappa shape index (κ3) is 4.06. The number of rotatable bonds is 5. The molecule has 1 aromatic carbocycles. The van der Waals surface area contributed by atoms with Gasteiger partial charge in [0.1, 0.15) is 6.04 Å². The number of carbonyl (C=O) groups is 2. The van der Waals surface area contributed by atoms with Crippen LogP contribution >= 0.6 is 0 Å². The minimum Gasteiger partial charge on any atom is -0.467 e. The molecular weight excluding hydrogens is 244 g/mol. The first-order valence-electron chi connectivity index (χ1n) is 6.16. The zero-order chi connectivity index (χ0) is 14.4. The molecule has 1 rings (SSSR count). The highest BCUT2D eigenvalue weighted by Crippen LogP contribution is 2.19. The molecule has 3 atom stereocenters. The fourth-order valence-electron chi connectivity index (χ4n) is 1.71. The smallest absolute Gasteiger partial charge is 0.328 e. The molecule has 0 radical (unpaired) electrons. The Hall–Kier alpha value is -1.88. The number of ether oxygens (including phenoxy) is 1. The standard InChI is InChI=1S/C14H20N2O3/c1-9(12(15)11-7-5-4-6-8-11)13(17)16-10(2)14(18)19-3/h4-10,12H,15H2,1-3H3,(H,16,17). The number of hydrogen-bond donors (Lipinski definition) is 2. The van der Waals surface area contributed by atoms with Crippen molar-refractivity contribution in [3.63, 3.8) is 0 Å². The lowest BCUT2D eigenvalue weighted by Crippen LogP contribution is -2.44. The van der Waals surface area contributed by atoms with E-state index in [1.807, 2.05) is 30.3 Å². The minimum absolute atomic E-state index is 0.269. The lowest BCUT2D eigenvalue weighted by Gasteiger charge is -2.21. The fraction of sp³-hybridized carbons (Fsp3) is 0.429. The zero-order valence-electron chi connectivity index (χ0n) is 11.4. The molecule has 0 aromatic heterocycles. The van der Waals surface area contributed by atoms with Crippen molar-refractivity contribution < 1.29 is 14.3 Å². The molecule has 3 N–H and O–H groups in total. The third-order valence-electron chi connectivity index (χ3n) is 3.05. The fourth-order valence-corrected chi connectivity index (χ4v) is 1.71. The van der Waals surface area contributed by atoms with Crippen LogP contribution in [0.15, 0.2) is 30.3 Å². The molecule has 0 aliphatic rings. The van der Waals surface area contributed by atoms with Gasteiger partial charge < -0.3 is 15.8 Å². The van der Waals surface area contributed by atoms with Crippen molar-refractivity contribution in [2.45, 2.75) is 25.9 Å². The van der Waals surface area contributed by atoms with Crippen LogP contribution in [0.2, 0.25) is 0 Å². The van der Waals surface area contributed by atoms with E-state index >= 15 is 0 Å². The number of carbonyl (C=O) groups excluding carboxylic acids is 2. The Morgan fingerprint density at radius 1 is 1.21 bits per heavy atom. The van der Waals surface area contributed by atoms with Crippen LogP contribution in [0, 0.1) is 5.92 Å². The number of amides is 1. The molecule has 0 heterocycles. The Labute approximate surface area is 113 Å².